The van der Waals surface area contributed by atoms with E-state index in [0.717, 1.165) is 18.0 Å². The highest BCUT2D eigenvalue weighted by atomic mass is 15.2. The van der Waals surface area contributed by atoms with Crippen LogP contribution < -0.4 is 5.32 Å². The van der Waals surface area contributed by atoms with E-state index in [1.807, 2.05) is 0 Å². The van der Waals surface area contributed by atoms with Crippen molar-refractivity contribution >= 4 is 0 Å². The molecule has 0 amide bonds. The van der Waals surface area contributed by atoms with Gasteiger partial charge in [-0.05, 0) is 85.1 Å². The van der Waals surface area contributed by atoms with Crippen LogP contribution >= 0.6 is 0 Å². The van der Waals surface area contributed by atoms with Crippen LogP contribution in [0.1, 0.15) is 52.9 Å². The van der Waals surface area contributed by atoms with Crippen molar-refractivity contribution in [3.8, 4) is 0 Å². The molecule has 20 heavy (non-hydrogen) atoms. The summed E-state index contributed by atoms with van der Waals surface area (Å²) in [6, 6.07) is 2.17. The average Bonchev–Trinajstić information content (AvgIpc) is 2.44. The van der Waals surface area contributed by atoms with E-state index >= 15 is 0 Å². The van der Waals surface area contributed by atoms with E-state index in [-0.39, 0.29) is 0 Å². The van der Waals surface area contributed by atoms with Crippen molar-refractivity contribution in [3.05, 3.63) is 0 Å². The van der Waals surface area contributed by atoms with Crippen LogP contribution in [0.15, 0.2) is 0 Å². The van der Waals surface area contributed by atoms with Crippen molar-refractivity contribution in [2.45, 2.75) is 71.0 Å². The van der Waals surface area contributed by atoms with Gasteiger partial charge < -0.3 is 15.1 Å². The van der Waals surface area contributed by atoms with Gasteiger partial charge in [-0.25, -0.2) is 0 Å². The molecule has 118 valence electrons. The van der Waals surface area contributed by atoms with Crippen LogP contribution in [-0.4, -0.2) is 61.2 Å². The lowest BCUT2D eigenvalue weighted by atomic mass is 9.88. The molecule has 2 aliphatic rings. The number of nitrogens with zero attached hydrogens (tertiary/aromatic N) is 2. The standard InChI is InChI=1S/C17H35N3/c1-5-9-20-11-6-16(7-12-20)15(3)18-17-8-10-19(4)14(2)13-17/h14-18H,5-13H2,1-4H3. The van der Waals surface area contributed by atoms with E-state index in [9.17, 15) is 0 Å². The van der Waals surface area contributed by atoms with Crippen LogP contribution in [0, 0.1) is 5.92 Å². The Morgan fingerprint density at radius 2 is 1.85 bits per heavy atom. The van der Waals surface area contributed by atoms with Gasteiger partial charge in [0.2, 0.25) is 0 Å². The van der Waals surface area contributed by atoms with E-state index in [1.165, 1.54) is 58.3 Å². The molecule has 1 N–H and O–H groups in total. The molecule has 0 saturated carbocycles. The van der Waals surface area contributed by atoms with Crippen molar-refractivity contribution in [2.24, 2.45) is 5.92 Å². The fourth-order valence-corrected chi connectivity index (χ4v) is 3.94. The quantitative estimate of drug-likeness (QED) is 0.835. The molecule has 0 aliphatic carbocycles. The summed E-state index contributed by atoms with van der Waals surface area (Å²) in [6.07, 6.45) is 6.70. The predicted molar refractivity (Wildman–Crippen MR) is 87.2 cm³/mol. The number of hydrogen-bond acceptors (Lipinski definition) is 3. The van der Waals surface area contributed by atoms with Gasteiger partial charge >= 0.3 is 0 Å². The molecular weight excluding hydrogens is 246 g/mol. The lowest BCUT2D eigenvalue weighted by molar-refractivity contribution is 0.132. The number of nitrogens with one attached hydrogen (secondary N) is 1. The molecule has 0 aromatic heterocycles. The van der Waals surface area contributed by atoms with E-state index in [2.05, 4.69) is 42.9 Å². The van der Waals surface area contributed by atoms with E-state index in [0.29, 0.717) is 6.04 Å². The Labute approximate surface area is 126 Å². The zero-order chi connectivity index (χ0) is 14.5. The Hall–Kier alpha value is -0.120. The van der Waals surface area contributed by atoms with Crippen LogP contribution in [0.5, 0.6) is 0 Å². The molecule has 0 bridgehead atoms. The molecule has 0 radical (unpaired) electrons. The number of hydrogen-bond donors (Lipinski definition) is 1. The summed E-state index contributed by atoms with van der Waals surface area (Å²) in [6.45, 7) is 12.2. The van der Waals surface area contributed by atoms with E-state index < -0.39 is 0 Å². The molecule has 3 heteroatoms. The monoisotopic (exact) mass is 281 g/mol. The van der Waals surface area contributed by atoms with Crippen molar-refractivity contribution in [1.29, 1.82) is 0 Å². The van der Waals surface area contributed by atoms with Crippen LogP contribution in [0.3, 0.4) is 0 Å². The molecule has 2 fully saturated rings. The third-order valence-electron chi connectivity index (χ3n) is 5.59. The molecule has 2 saturated heterocycles. The Morgan fingerprint density at radius 3 is 2.45 bits per heavy atom. The summed E-state index contributed by atoms with van der Waals surface area (Å²) in [5.41, 5.74) is 0. The summed E-state index contributed by atoms with van der Waals surface area (Å²) >= 11 is 0. The van der Waals surface area contributed by atoms with E-state index in [1.54, 1.807) is 0 Å². The zero-order valence-corrected chi connectivity index (χ0v) is 14.1. The van der Waals surface area contributed by atoms with Gasteiger partial charge in [-0.1, -0.05) is 6.92 Å². The number of piperidine rings is 2. The minimum Gasteiger partial charge on any atom is -0.311 e. The molecule has 3 unspecified atom stereocenters. The second-order valence-electron chi connectivity index (χ2n) is 7.19. The van der Waals surface area contributed by atoms with Gasteiger partial charge in [-0.3, -0.25) is 0 Å². The number of likely N-dealkylation sites (tertiary alicyclic amines) is 2. The van der Waals surface area contributed by atoms with Crippen LogP contribution in [0.2, 0.25) is 0 Å². The second-order valence-corrected chi connectivity index (χ2v) is 7.19. The fourth-order valence-electron chi connectivity index (χ4n) is 3.94. The van der Waals surface area contributed by atoms with Crippen molar-refractivity contribution in [1.82, 2.24) is 15.1 Å². The summed E-state index contributed by atoms with van der Waals surface area (Å²) < 4.78 is 0. The first kappa shape index (κ1) is 16.3. The van der Waals surface area contributed by atoms with Gasteiger partial charge in [0.25, 0.3) is 0 Å². The maximum atomic E-state index is 3.94. The third-order valence-corrected chi connectivity index (χ3v) is 5.59. The smallest absolute Gasteiger partial charge is 0.00966 e. The first-order valence-corrected chi connectivity index (χ1v) is 8.78. The molecule has 0 spiro atoms. The van der Waals surface area contributed by atoms with Crippen molar-refractivity contribution < 1.29 is 0 Å². The first-order valence-electron chi connectivity index (χ1n) is 8.78. The van der Waals surface area contributed by atoms with Crippen LogP contribution in [-0.2, 0) is 0 Å². The van der Waals surface area contributed by atoms with Crippen molar-refractivity contribution in [2.75, 3.05) is 33.2 Å². The molecule has 2 aliphatic heterocycles. The van der Waals surface area contributed by atoms with Crippen LogP contribution in [0.25, 0.3) is 0 Å². The lowest BCUT2D eigenvalue weighted by Crippen LogP contribution is -2.50. The maximum Gasteiger partial charge on any atom is 0.00966 e. The molecule has 2 rings (SSSR count). The van der Waals surface area contributed by atoms with E-state index in [4.69, 9.17) is 0 Å². The summed E-state index contributed by atoms with van der Waals surface area (Å²) in [5, 5.41) is 3.94. The third kappa shape index (κ3) is 4.44. The highest BCUT2D eigenvalue weighted by molar-refractivity contribution is 4.86. The summed E-state index contributed by atoms with van der Waals surface area (Å²) in [7, 11) is 2.26. The highest BCUT2D eigenvalue weighted by Gasteiger charge is 2.28. The van der Waals surface area contributed by atoms with Gasteiger partial charge in [-0.2, -0.15) is 0 Å². The average molecular weight is 281 g/mol. The fraction of sp³-hybridized carbons (Fsp3) is 1.00. The Bertz CT molecular complexity index is 273. The minimum atomic E-state index is 0.694. The lowest BCUT2D eigenvalue weighted by Gasteiger charge is -2.40. The molecule has 3 atom stereocenters. The summed E-state index contributed by atoms with van der Waals surface area (Å²) in [4.78, 5) is 5.13. The number of rotatable bonds is 5. The van der Waals surface area contributed by atoms with Gasteiger partial charge in [0.15, 0.2) is 0 Å². The zero-order valence-electron chi connectivity index (χ0n) is 14.1. The summed E-state index contributed by atoms with van der Waals surface area (Å²) in [5.74, 6) is 0.887. The van der Waals surface area contributed by atoms with Gasteiger partial charge in [0.05, 0.1) is 0 Å². The van der Waals surface area contributed by atoms with Gasteiger partial charge in [-0.15, -0.1) is 0 Å². The maximum absolute atomic E-state index is 3.94. The molecular formula is C17H35N3. The Morgan fingerprint density at radius 1 is 1.15 bits per heavy atom. The van der Waals surface area contributed by atoms with Crippen LogP contribution in [0.4, 0.5) is 0 Å². The highest BCUT2D eigenvalue weighted by Crippen LogP contribution is 2.23. The molecule has 0 aromatic carbocycles. The molecule has 0 aromatic rings. The Balaban J connectivity index is 1.71. The minimum absolute atomic E-state index is 0.694. The second kappa shape index (κ2) is 7.77. The molecule has 2 heterocycles. The van der Waals surface area contributed by atoms with Crippen molar-refractivity contribution in [3.63, 3.8) is 0 Å². The van der Waals surface area contributed by atoms with Gasteiger partial charge in [0, 0.05) is 18.1 Å². The predicted octanol–water partition coefficient (Wildman–Crippen LogP) is 2.57. The van der Waals surface area contributed by atoms with Gasteiger partial charge in [0.1, 0.15) is 0 Å². The normalized spacial score (nSPS) is 32.4. The topological polar surface area (TPSA) is 18.5 Å². The first-order chi connectivity index (χ1) is 9.60. The molecule has 3 nitrogen and oxygen atoms in total. The largest absolute Gasteiger partial charge is 0.311 e. The Kier molecular flexibility index (Phi) is 6.31. The SMILES string of the molecule is CCCN1CCC(C(C)NC2CCN(C)C(C)C2)CC1.